The van der Waals surface area contributed by atoms with Crippen molar-refractivity contribution in [2.24, 2.45) is 3.96 Å². The molecule has 1 nitrogen and oxygen atoms in total. The summed E-state index contributed by atoms with van der Waals surface area (Å²) in [4.78, 5) is 0. The third-order valence-corrected chi connectivity index (χ3v) is 2.08. The van der Waals surface area contributed by atoms with E-state index < -0.39 is 0 Å². The molecule has 0 heterocycles. The number of hydrogen-bond acceptors (Lipinski definition) is 1. The molecule has 81 valence electrons. The van der Waals surface area contributed by atoms with Gasteiger partial charge in [-0.2, -0.15) is 18.2 Å². The number of nitrogens with zero attached hydrogens (tertiary/aromatic N) is 1. The maximum absolute atomic E-state index is 3.77. The predicted octanol–water partition coefficient (Wildman–Crippen LogP) is 3.41. The van der Waals surface area contributed by atoms with Gasteiger partial charge < -0.3 is 0 Å². The molecular weight excluding hydrogens is 270 g/mol. The Balaban J connectivity index is 0.000000280. The second-order valence-electron chi connectivity index (χ2n) is 2.79. The molecule has 2 aromatic carbocycles. The predicted molar refractivity (Wildman–Crippen MR) is 54.6 cm³/mol. The van der Waals surface area contributed by atoms with Crippen molar-refractivity contribution in [3.63, 3.8) is 0 Å². The van der Waals surface area contributed by atoms with Crippen molar-refractivity contribution in [1.29, 1.82) is 0 Å². The molecule has 0 bridgehead atoms. The van der Waals surface area contributed by atoms with E-state index >= 15 is 0 Å². The minimum atomic E-state index is -0.000000000000000666. The van der Waals surface area contributed by atoms with Crippen molar-refractivity contribution >= 4 is 0 Å². The van der Waals surface area contributed by atoms with E-state index in [1.807, 2.05) is 54.6 Å². The first-order valence-corrected chi connectivity index (χ1v) is 4.85. The smallest absolute Gasteiger partial charge is 0.214 e. The van der Waals surface area contributed by atoms with Gasteiger partial charge >= 0.3 is 79.6 Å². The molecule has 0 saturated carbocycles. The van der Waals surface area contributed by atoms with Crippen LogP contribution in [0, 0.1) is 6.92 Å². The van der Waals surface area contributed by atoms with E-state index in [0.717, 1.165) is 5.56 Å². The van der Waals surface area contributed by atoms with Crippen LogP contribution in [0.1, 0.15) is 11.6 Å². The Hall–Kier alpha value is -0.461. The van der Waals surface area contributed by atoms with Gasteiger partial charge in [-0.1, -0.05) is 0 Å². The summed E-state index contributed by atoms with van der Waals surface area (Å²) in [6.45, 7) is 3.77. The number of rotatable bonds is 2. The summed E-state index contributed by atoms with van der Waals surface area (Å²) in [5.41, 5.74) is 1.13. The normalized spacial score (nSPS) is 10.5. The first kappa shape index (κ1) is 14.5. The standard InChI is InChI=1S/C7H7N.C5H5.2Fe/c1-6(8)7-4-2-3-5-7;1-2-4-5-3-1;;/h2-6H,1H2;1-5H;;/q-2;-1;+1;+2. The summed E-state index contributed by atoms with van der Waals surface area (Å²) in [5.74, 6) is 0. The molecule has 0 N–H and O–H groups in total. The van der Waals surface area contributed by atoms with Crippen molar-refractivity contribution in [2.75, 3.05) is 0 Å². The Morgan fingerprint density at radius 1 is 1.20 bits per heavy atom. The van der Waals surface area contributed by atoms with Gasteiger partial charge in [0.05, 0.1) is 0 Å². The van der Waals surface area contributed by atoms with Crippen LogP contribution in [0.5, 0.6) is 0 Å². The minimum Gasteiger partial charge on any atom is -0.214 e. The second kappa shape index (κ2) is 8.82. The molecule has 1 unspecified atom stereocenters. The van der Waals surface area contributed by atoms with Crippen LogP contribution < -0.4 is 0 Å². The van der Waals surface area contributed by atoms with Gasteiger partial charge in [-0.25, -0.2) is 12.1 Å². The van der Waals surface area contributed by atoms with Gasteiger partial charge in [-0.3, -0.25) is 0 Å². The van der Waals surface area contributed by atoms with Gasteiger partial charge in [0.2, 0.25) is 0 Å². The zero-order chi connectivity index (χ0) is 10.2. The molecule has 2 aromatic rings. The van der Waals surface area contributed by atoms with E-state index in [-0.39, 0.29) is 23.1 Å². The minimum absolute atomic E-state index is 0. The molecule has 0 aromatic heterocycles. The fraction of sp³-hybridized carbons (Fsp3) is 0.0833. The van der Waals surface area contributed by atoms with Crippen LogP contribution in [0.25, 0.3) is 0 Å². The maximum atomic E-state index is 3.77. The molecule has 0 aliphatic carbocycles. The topological polar surface area (TPSA) is 12.4 Å². The maximum Gasteiger partial charge on any atom is 2.00 e. The SMILES string of the molecule is [CH2-]C([N]=[Fe+])c1ccc[cH-]1.[Fe+2].c1cc[cH-]c1. The van der Waals surface area contributed by atoms with Gasteiger partial charge in [-0.15, -0.1) is 0 Å². The van der Waals surface area contributed by atoms with E-state index in [4.69, 9.17) is 0 Å². The summed E-state index contributed by atoms with van der Waals surface area (Å²) >= 11 is 3.40. The molecule has 0 fully saturated rings. The molecule has 0 spiro atoms. The van der Waals surface area contributed by atoms with E-state index in [9.17, 15) is 0 Å². The van der Waals surface area contributed by atoms with Crippen LogP contribution in [-0.4, -0.2) is 0 Å². The summed E-state index contributed by atoms with van der Waals surface area (Å²) in [6, 6.07) is 17.9. The van der Waals surface area contributed by atoms with Gasteiger partial charge in [0.25, 0.3) is 0 Å². The third-order valence-electron chi connectivity index (χ3n) is 1.74. The molecule has 0 amide bonds. The van der Waals surface area contributed by atoms with Gasteiger partial charge in [0.15, 0.2) is 0 Å². The largest absolute Gasteiger partial charge is 2.00 e. The molecule has 15 heavy (non-hydrogen) atoms. The summed E-state index contributed by atoms with van der Waals surface area (Å²) in [6.07, 6.45) is 0. The summed E-state index contributed by atoms with van der Waals surface area (Å²) in [5, 5.41) is 0. The van der Waals surface area contributed by atoms with E-state index in [0.29, 0.717) is 0 Å². The van der Waals surface area contributed by atoms with Gasteiger partial charge in [0, 0.05) is 0 Å². The van der Waals surface area contributed by atoms with Crippen LogP contribution in [0.4, 0.5) is 0 Å². The van der Waals surface area contributed by atoms with Crippen LogP contribution in [0.3, 0.4) is 0 Å². The average Bonchev–Trinajstić information content (AvgIpc) is 2.91. The molecule has 0 aliphatic rings. The Morgan fingerprint density at radius 3 is 2.20 bits per heavy atom. The van der Waals surface area contributed by atoms with Crippen LogP contribution >= 0.6 is 0 Å². The molecular formula is C12H12Fe2N. The van der Waals surface area contributed by atoms with Crippen LogP contribution in [0.15, 0.2) is 58.6 Å². The molecule has 0 saturated heterocycles. The Labute approximate surface area is 110 Å². The average molecular weight is 282 g/mol. The zero-order valence-electron chi connectivity index (χ0n) is 8.13. The molecule has 3 heteroatoms. The van der Waals surface area contributed by atoms with Crippen LogP contribution in [0.2, 0.25) is 0 Å². The quantitative estimate of drug-likeness (QED) is 0.591. The monoisotopic (exact) mass is 282 g/mol. The fourth-order valence-electron chi connectivity index (χ4n) is 0.984. The Kier molecular flexibility index (Phi) is 8.54. The fourth-order valence-corrected chi connectivity index (χ4v) is 1.15. The Morgan fingerprint density at radius 2 is 1.87 bits per heavy atom. The van der Waals surface area contributed by atoms with Crippen molar-refractivity contribution in [2.45, 2.75) is 6.04 Å². The molecule has 0 radical (unpaired) electrons. The first-order chi connectivity index (χ1) is 6.84. The zero-order valence-corrected chi connectivity index (χ0v) is 10.3. The van der Waals surface area contributed by atoms with Crippen molar-refractivity contribution in [3.05, 3.63) is 67.1 Å². The number of hydrogen-bond donors (Lipinski definition) is 0. The van der Waals surface area contributed by atoms with Gasteiger partial charge in [-0.05, 0) is 0 Å². The van der Waals surface area contributed by atoms with Crippen molar-refractivity contribution in [3.8, 4) is 0 Å². The third kappa shape index (κ3) is 5.86. The Bertz CT molecular complexity index is 307. The van der Waals surface area contributed by atoms with Crippen molar-refractivity contribution in [1.82, 2.24) is 0 Å². The van der Waals surface area contributed by atoms with E-state index in [1.54, 1.807) is 0 Å². The van der Waals surface area contributed by atoms with Crippen molar-refractivity contribution < 1.29 is 32.9 Å². The first-order valence-electron chi connectivity index (χ1n) is 4.36. The molecule has 0 aliphatic heterocycles. The summed E-state index contributed by atoms with van der Waals surface area (Å²) in [7, 11) is 0. The van der Waals surface area contributed by atoms with Crippen LogP contribution in [-0.2, 0) is 32.9 Å². The van der Waals surface area contributed by atoms with E-state index in [1.165, 1.54) is 0 Å². The summed E-state index contributed by atoms with van der Waals surface area (Å²) < 4.78 is 3.77. The van der Waals surface area contributed by atoms with E-state index in [2.05, 4.69) is 26.7 Å². The molecule has 1 atom stereocenters. The second-order valence-corrected chi connectivity index (χ2v) is 3.07. The van der Waals surface area contributed by atoms with Gasteiger partial charge in [0.1, 0.15) is 0 Å². The molecule has 2 rings (SSSR count).